The second-order valence-corrected chi connectivity index (χ2v) is 2.38. The van der Waals surface area contributed by atoms with Gasteiger partial charge in [-0.15, -0.1) is 0 Å². The van der Waals surface area contributed by atoms with Crippen molar-refractivity contribution in [3.8, 4) is 11.5 Å². The molecule has 2 N–H and O–H groups in total. The Morgan fingerprint density at radius 3 is 1.94 bits per heavy atom. The fourth-order valence-corrected chi connectivity index (χ4v) is 1.02. The van der Waals surface area contributed by atoms with E-state index in [0.29, 0.717) is 6.54 Å². The molecular formula is C13H25NO2. The number of ether oxygens (including phenoxy) is 2. The Bertz CT molecular complexity index is 262. The molecule has 0 atom stereocenters. The molecule has 0 fully saturated rings. The van der Waals surface area contributed by atoms with Crippen molar-refractivity contribution in [3.63, 3.8) is 0 Å². The first-order valence-corrected chi connectivity index (χ1v) is 5.72. The summed E-state index contributed by atoms with van der Waals surface area (Å²) in [5.41, 5.74) is 6.48. The summed E-state index contributed by atoms with van der Waals surface area (Å²) in [4.78, 5) is 0. The largest absolute Gasteiger partial charge is 0.497 e. The van der Waals surface area contributed by atoms with Crippen molar-refractivity contribution in [2.24, 2.45) is 5.73 Å². The molecule has 94 valence electrons. The van der Waals surface area contributed by atoms with Crippen molar-refractivity contribution < 1.29 is 9.47 Å². The second-order valence-electron chi connectivity index (χ2n) is 2.38. The van der Waals surface area contributed by atoms with Crippen LogP contribution in [0, 0.1) is 0 Å². The van der Waals surface area contributed by atoms with E-state index < -0.39 is 0 Å². The number of benzene rings is 1. The van der Waals surface area contributed by atoms with Crippen LogP contribution >= 0.6 is 0 Å². The molecule has 0 bridgehead atoms. The summed E-state index contributed by atoms with van der Waals surface area (Å²) in [6.45, 7) is 8.48. The molecule has 16 heavy (non-hydrogen) atoms. The third-order valence-electron chi connectivity index (χ3n) is 1.71. The first-order valence-electron chi connectivity index (χ1n) is 5.72. The van der Waals surface area contributed by atoms with Crippen LogP contribution in [0.3, 0.4) is 0 Å². The maximum Gasteiger partial charge on any atom is 0.127 e. The maximum absolute atomic E-state index is 5.50. The number of nitrogens with two attached hydrogens (primary N) is 1. The number of methoxy groups -OCH3 is 2. The summed E-state index contributed by atoms with van der Waals surface area (Å²) in [5, 5.41) is 0. The van der Waals surface area contributed by atoms with Gasteiger partial charge in [0.1, 0.15) is 11.5 Å². The van der Waals surface area contributed by atoms with Gasteiger partial charge in [-0.25, -0.2) is 0 Å². The van der Waals surface area contributed by atoms with Gasteiger partial charge in [0.25, 0.3) is 0 Å². The Kier molecular flexibility index (Phi) is 12.7. The fourth-order valence-electron chi connectivity index (χ4n) is 1.02. The van der Waals surface area contributed by atoms with E-state index in [1.165, 1.54) is 0 Å². The maximum atomic E-state index is 5.50. The van der Waals surface area contributed by atoms with Crippen LogP contribution in [-0.4, -0.2) is 14.2 Å². The van der Waals surface area contributed by atoms with Crippen LogP contribution in [-0.2, 0) is 6.54 Å². The Hall–Kier alpha value is -1.22. The Morgan fingerprint density at radius 1 is 1.00 bits per heavy atom. The average Bonchev–Trinajstić information content (AvgIpc) is 2.42. The van der Waals surface area contributed by atoms with Gasteiger partial charge in [-0.2, -0.15) is 0 Å². The first-order chi connectivity index (χ1) is 7.81. The first kappa shape index (κ1) is 17.2. The van der Waals surface area contributed by atoms with Gasteiger partial charge in [-0.05, 0) is 6.07 Å². The Morgan fingerprint density at radius 2 is 1.56 bits per heavy atom. The van der Waals surface area contributed by atoms with Gasteiger partial charge >= 0.3 is 0 Å². The van der Waals surface area contributed by atoms with Gasteiger partial charge in [0.15, 0.2) is 0 Å². The Labute approximate surface area is 99.6 Å². The van der Waals surface area contributed by atoms with E-state index in [1.807, 2.05) is 45.9 Å². The zero-order chi connectivity index (χ0) is 13.0. The fraction of sp³-hybridized carbons (Fsp3) is 0.538. The van der Waals surface area contributed by atoms with E-state index in [9.17, 15) is 0 Å². The van der Waals surface area contributed by atoms with Gasteiger partial charge in [0, 0.05) is 18.2 Å². The highest BCUT2D eigenvalue weighted by atomic mass is 16.5. The molecule has 3 heteroatoms. The van der Waals surface area contributed by atoms with Crippen molar-refractivity contribution >= 4 is 0 Å². The molecule has 0 saturated heterocycles. The molecule has 0 radical (unpaired) electrons. The van der Waals surface area contributed by atoms with Crippen molar-refractivity contribution in [1.82, 2.24) is 0 Å². The van der Waals surface area contributed by atoms with Crippen LogP contribution in [0.5, 0.6) is 11.5 Å². The number of hydrogen-bond donors (Lipinski definition) is 1. The monoisotopic (exact) mass is 227 g/mol. The van der Waals surface area contributed by atoms with E-state index in [1.54, 1.807) is 14.2 Å². The molecule has 0 amide bonds. The molecule has 0 aliphatic heterocycles. The highest BCUT2D eigenvalue weighted by molar-refractivity contribution is 5.40. The molecule has 0 spiro atoms. The highest BCUT2D eigenvalue weighted by Crippen LogP contribution is 2.23. The van der Waals surface area contributed by atoms with Gasteiger partial charge in [-0.1, -0.05) is 33.8 Å². The molecule has 0 unspecified atom stereocenters. The van der Waals surface area contributed by atoms with Crippen LogP contribution in [0.25, 0.3) is 0 Å². The van der Waals surface area contributed by atoms with Crippen LogP contribution in [0.4, 0.5) is 0 Å². The van der Waals surface area contributed by atoms with E-state index >= 15 is 0 Å². The quantitative estimate of drug-likeness (QED) is 0.862. The predicted octanol–water partition coefficient (Wildman–Crippen LogP) is 3.21. The van der Waals surface area contributed by atoms with E-state index in [2.05, 4.69) is 0 Å². The van der Waals surface area contributed by atoms with Crippen LogP contribution < -0.4 is 15.2 Å². The summed E-state index contributed by atoms with van der Waals surface area (Å²) in [6, 6.07) is 5.59. The molecule has 0 aliphatic rings. The Balaban J connectivity index is 0. The molecule has 0 aliphatic carbocycles. The second kappa shape index (κ2) is 11.9. The van der Waals surface area contributed by atoms with E-state index in [0.717, 1.165) is 17.1 Å². The molecule has 1 rings (SSSR count). The van der Waals surface area contributed by atoms with Crippen molar-refractivity contribution in [3.05, 3.63) is 23.8 Å². The van der Waals surface area contributed by atoms with Crippen LogP contribution in [0.15, 0.2) is 18.2 Å². The molecule has 0 aromatic heterocycles. The topological polar surface area (TPSA) is 44.5 Å². The molecule has 0 saturated carbocycles. The smallest absolute Gasteiger partial charge is 0.127 e. The third kappa shape index (κ3) is 5.61. The summed E-state index contributed by atoms with van der Waals surface area (Å²) in [6.07, 6.45) is 0. The van der Waals surface area contributed by atoms with E-state index in [-0.39, 0.29) is 0 Å². The highest BCUT2D eigenvalue weighted by Gasteiger charge is 2.01. The SMILES string of the molecule is CC.CC.COc1ccc(CN)c(OC)c1. The van der Waals surface area contributed by atoms with E-state index in [4.69, 9.17) is 15.2 Å². The minimum absolute atomic E-state index is 0.479. The molecule has 0 heterocycles. The predicted molar refractivity (Wildman–Crippen MR) is 70.1 cm³/mol. The molecule has 3 nitrogen and oxygen atoms in total. The van der Waals surface area contributed by atoms with Crippen molar-refractivity contribution in [2.45, 2.75) is 34.2 Å². The van der Waals surface area contributed by atoms with Crippen LogP contribution in [0.1, 0.15) is 33.3 Å². The average molecular weight is 227 g/mol. The zero-order valence-corrected chi connectivity index (χ0v) is 11.3. The molecule has 1 aromatic carbocycles. The van der Waals surface area contributed by atoms with Gasteiger partial charge in [0.05, 0.1) is 14.2 Å². The minimum atomic E-state index is 0.479. The minimum Gasteiger partial charge on any atom is -0.497 e. The lowest BCUT2D eigenvalue weighted by molar-refractivity contribution is 0.391. The standard InChI is InChI=1S/C9H13NO2.2C2H6/c1-11-8-4-3-7(6-10)9(5-8)12-2;2*1-2/h3-5H,6,10H2,1-2H3;2*1-2H3. The lowest BCUT2D eigenvalue weighted by Crippen LogP contribution is -1.99. The summed E-state index contributed by atoms with van der Waals surface area (Å²) >= 11 is 0. The summed E-state index contributed by atoms with van der Waals surface area (Å²) in [7, 11) is 3.24. The summed E-state index contributed by atoms with van der Waals surface area (Å²) in [5.74, 6) is 1.56. The third-order valence-corrected chi connectivity index (χ3v) is 1.71. The number of rotatable bonds is 3. The van der Waals surface area contributed by atoms with Crippen LogP contribution in [0.2, 0.25) is 0 Å². The lowest BCUT2D eigenvalue weighted by Gasteiger charge is -2.07. The summed E-state index contributed by atoms with van der Waals surface area (Å²) < 4.78 is 10.2. The van der Waals surface area contributed by atoms with Gasteiger partial charge < -0.3 is 15.2 Å². The van der Waals surface area contributed by atoms with Crippen molar-refractivity contribution in [1.29, 1.82) is 0 Å². The molecular weight excluding hydrogens is 202 g/mol. The van der Waals surface area contributed by atoms with Gasteiger partial charge in [0.2, 0.25) is 0 Å². The zero-order valence-electron chi connectivity index (χ0n) is 11.3. The lowest BCUT2D eigenvalue weighted by atomic mass is 10.2. The number of hydrogen-bond acceptors (Lipinski definition) is 3. The normalized spacial score (nSPS) is 7.94. The van der Waals surface area contributed by atoms with Gasteiger partial charge in [-0.3, -0.25) is 0 Å². The molecule has 1 aromatic rings. The van der Waals surface area contributed by atoms with Crippen molar-refractivity contribution in [2.75, 3.05) is 14.2 Å².